The largest absolute Gasteiger partial charge is 0.507 e. The zero-order chi connectivity index (χ0) is 19.5. The number of anilines is 1. The number of hydrogen-bond donors (Lipinski definition) is 2. The molecule has 1 amide bonds. The van der Waals surface area contributed by atoms with Crippen molar-refractivity contribution in [2.24, 2.45) is 0 Å². The molecule has 0 aromatic heterocycles. The predicted octanol–water partition coefficient (Wildman–Crippen LogP) is 4.51. The number of hydrogen-bond acceptors (Lipinski definition) is 4. The highest BCUT2D eigenvalue weighted by molar-refractivity contribution is 6.33. The summed E-state index contributed by atoms with van der Waals surface area (Å²) < 4.78 is 42.8. The van der Waals surface area contributed by atoms with E-state index in [2.05, 4.69) is 5.32 Å². The van der Waals surface area contributed by atoms with Gasteiger partial charge in [0.2, 0.25) is 0 Å². The zero-order valence-electron chi connectivity index (χ0n) is 12.7. The minimum atomic E-state index is -4.61. The van der Waals surface area contributed by atoms with Crippen LogP contribution in [-0.4, -0.2) is 23.6 Å². The third-order valence-electron chi connectivity index (χ3n) is 3.08. The molecule has 0 unspecified atom stereocenters. The van der Waals surface area contributed by atoms with Crippen LogP contribution in [-0.2, 0) is 15.7 Å². The molecule has 0 spiro atoms. The van der Waals surface area contributed by atoms with Crippen molar-refractivity contribution < 1.29 is 32.6 Å². The molecule has 2 aromatic rings. The minimum Gasteiger partial charge on any atom is -0.507 e. The third kappa shape index (κ3) is 5.03. The molecule has 0 saturated carbocycles. The summed E-state index contributed by atoms with van der Waals surface area (Å²) >= 11 is 11.4. The summed E-state index contributed by atoms with van der Waals surface area (Å²) in [6.07, 6.45) is -4.61. The van der Waals surface area contributed by atoms with Crippen LogP contribution >= 0.6 is 23.2 Å². The number of carbonyl (C=O) groups is 2. The molecule has 2 N–H and O–H groups in total. The number of ether oxygens (including phenoxy) is 1. The maximum absolute atomic E-state index is 12.7. The molecular formula is C16H10Cl2F3NO4. The van der Waals surface area contributed by atoms with Crippen LogP contribution in [0.3, 0.4) is 0 Å². The van der Waals surface area contributed by atoms with E-state index in [0.717, 1.165) is 18.2 Å². The molecule has 0 bridgehead atoms. The Morgan fingerprint density at radius 3 is 2.46 bits per heavy atom. The van der Waals surface area contributed by atoms with Gasteiger partial charge in [0.1, 0.15) is 11.3 Å². The van der Waals surface area contributed by atoms with Gasteiger partial charge < -0.3 is 15.2 Å². The van der Waals surface area contributed by atoms with Gasteiger partial charge in [0.25, 0.3) is 5.91 Å². The average Bonchev–Trinajstić information content (AvgIpc) is 2.55. The van der Waals surface area contributed by atoms with Crippen LogP contribution in [0, 0.1) is 0 Å². The maximum atomic E-state index is 12.7. The summed E-state index contributed by atoms with van der Waals surface area (Å²) in [4.78, 5) is 23.6. The first-order chi connectivity index (χ1) is 12.1. The van der Waals surface area contributed by atoms with Crippen LogP contribution in [0.5, 0.6) is 5.75 Å². The van der Waals surface area contributed by atoms with Crippen LogP contribution < -0.4 is 5.32 Å². The molecule has 2 aromatic carbocycles. The van der Waals surface area contributed by atoms with Gasteiger partial charge in [0.15, 0.2) is 6.61 Å². The summed E-state index contributed by atoms with van der Waals surface area (Å²) in [7, 11) is 0. The summed E-state index contributed by atoms with van der Waals surface area (Å²) in [5, 5.41) is 11.7. The Morgan fingerprint density at radius 2 is 1.81 bits per heavy atom. The Morgan fingerprint density at radius 1 is 1.12 bits per heavy atom. The van der Waals surface area contributed by atoms with E-state index in [0.29, 0.717) is 6.07 Å². The summed E-state index contributed by atoms with van der Waals surface area (Å²) in [6.45, 7) is -0.808. The van der Waals surface area contributed by atoms with E-state index in [1.165, 1.54) is 12.1 Å². The monoisotopic (exact) mass is 407 g/mol. The Hall–Kier alpha value is -2.45. The van der Waals surface area contributed by atoms with Crippen molar-refractivity contribution in [3.05, 3.63) is 57.6 Å². The Bertz CT molecular complexity index is 856. The number of esters is 1. The molecule has 0 heterocycles. The van der Waals surface area contributed by atoms with Crippen LogP contribution in [0.4, 0.5) is 18.9 Å². The minimum absolute atomic E-state index is 0.120. The number of nitrogens with one attached hydrogen (secondary N) is 1. The summed E-state index contributed by atoms with van der Waals surface area (Å²) in [5.41, 5.74) is -1.55. The normalized spacial score (nSPS) is 11.1. The van der Waals surface area contributed by atoms with Gasteiger partial charge in [-0.05, 0) is 36.4 Å². The lowest BCUT2D eigenvalue weighted by Gasteiger charge is -2.12. The Balaban J connectivity index is 2.03. The van der Waals surface area contributed by atoms with Crippen molar-refractivity contribution in [2.45, 2.75) is 6.18 Å². The third-order valence-corrected chi connectivity index (χ3v) is 3.65. The van der Waals surface area contributed by atoms with Gasteiger partial charge in [-0.2, -0.15) is 13.2 Å². The van der Waals surface area contributed by atoms with Crippen molar-refractivity contribution >= 4 is 40.8 Å². The van der Waals surface area contributed by atoms with Crippen molar-refractivity contribution in [3.63, 3.8) is 0 Å². The van der Waals surface area contributed by atoms with E-state index >= 15 is 0 Å². The first-order valence-electron chi connectivity index (χ1n) is 6.90. The van der Waals surface area contributed by atoms with Crippen LogP contribution in [0.15, 0.2) is 36.4 Å². The molecule has 138 valence electrons. The molecule has 5 nitrogen and oxygen atoms in total. The smallest absolute Gasteiger partial charge is 0.416 e. The lowest BCUT2D eigenvalue weighted by atomic mass is 10.2. The van der Waals surface area contributed by atoms with Gasteiger partial charge >= 0.3 is 12.1 Å². The Labute approximate surface area is 155 Å². The van der Waals surface area contributed by atoms with Crippen LogP contribution in [0.1, 0.15) is 15.9 Å². The fraction of sp³-hybridized carbons (Fsp3) is 0.125. The van der Waals surface area contributed by atoms with E-state index in [-0.39, 0.29) is 21.3 Å². The van der Waals surface area contributed by atoms with Gasteiger partial charge in [0.05, 0.1) is 16.3 Å². The topological polar surface area (TPSA) is 75.6 Å². The SMILES string of the molecule is O=C(COC(=O)c1cc(Cl)ccc1O)Nc1cc(C(F)(F)F)ccc1Cl. The van der Waals surface area contributed by atoms with Crippen molar-refractivity contribution in [3.8, 4) is 5.75 Å². The fourth-order valence-corrected chi connectivity index (χ4v) is 2.20. The summed E-state index contributed by atoms with van der Waals surface area (Å²) in [5.74, 6) is -2.35. The highest BCUT2D eigenvalue weighted by Gasteiger charge is 2.31. The van der Waals surface area contributed by atoms with Crippen molar-refractivity contribution in [2.75, 3.05) is 11.9 Å². The number of phenolic OH excluding ortho intramolecular Hbond substituents is 1. The van der Waals surface area contributed by atoms with Gasteiger partial charge in [-0.1, -0.05) is 23.2 Å². The van der Waals surface area contributed by atoms with E-state index in [9.17, 15) is 27.9 Å². The van der Waals surface area contributed by atoms with Gasteiger partial charge in [-0.15, -0.1) is 0 Å². The highest BCUT2D eigenvalue weighted by atomic mass is 35.5. The first kappa shape index (κ1) is 19.9. The molecule has 0 fully saturated rings. The molecule has 0 aliphatic heterocycles. The average molecular weight is 408 g/mol. The maximum Gasteiger partial charge on any atom is 0.416 e. The van der Waals surface area contributed by atoms with Gasteiger partial charge in [-0.25, -0.2) is 4.79 Å². The second-order valence-electron chi connectivity index (χ2n) is 4.98. The van der Waals surface area contributed by atoms with Crippen molar-refractivity contribution in [1.82, 2.24) is 0 Å². The predicted molar refractivity (Wildman–Crippen MR) is 88.5 cm³/mol. The number of halogens is 5. The Kier molecular flexibility index (Phi) is 5.99. The standard InChI is InChI=1S/C16H10Cl2F3NO4/c17-9-2-4-13(23)10(6-9)15(25)26-7-14(24)22-12-5-8(16(19,20)21)1-3-11(12)18/h1-6,23H,7H2,(H,22,24). The molecule has 0 aliphatic rings. The lowest BCUT2D eigenvalue weighted by molar-refractivity contribution is -0.137. The molecule has 2 rings (SSSR count). The molecule has 0 atom stereocenters. The number of phenols is 1. The van der Waals surface area contributed by atoms with Gasteiger partial charge in [0, 0.05) is 5.02 Å². The van der Waals surface area contributed by atoms with Crippen LogP contribution in [0.2, 0.25) is 10.0 Å². The number of aromatic hydroxyl groups is 1. The van der Waals surface area contributed by atoms with E-state index in [1.54, 1.807) is 0 Å². The number of benzene rings is 2. The quantitative estimate of drug-likeness (QED) is 0.730. The number of amides is 1. The lowest BCUT2D eigenvalue weighted by Crippen LogP contribution is -2.21. The van der Waals surface area contributed by atoms with Crippen LogP contribution in [0.25, 0.3) is 0 Å². The molecule has 0 saturated heterocycles. The number of carbonyl (C=O) groups excluding carboxylic acids is 2. The fourth-order valence-electron chi connectivity index (χ4n) is 1.86. The molecule has 0 aliphatic carbocycles. The first-order valence-corrected chi connectivity index (χ1v) is 7.66. The molecular weight excluding hydrogens is 398 g/mol. The van der Waals surface area contributed by atoms with Gasteiger partial charge in [-0.3, -0.25) is 4.79 Å². The van der Waals surface area contributed by atoms with Crippen molar-refractivity contribution in [1.29, 1.82) is 0 Å². The molecule has 0 radical (unpaired) electrons. The molecule has 10 heteroatoms. The highest BCUT2D eigenvalue weighted by Crippen LogP contribution is 2.33. The van der Waals surface area contributed by atoms with E-state index < -0.39 is 36.0 Å². The van der Waals surface area contributed by atoms with E-state index in [4.69, 9.17) is 27.9 Å². The second-order valence-corrected chi connectivity index (χ2v) is 5.82. The zero-order valence-corrected chi connectivity index (χ0v) is 14.2. The second kappa shape index (κ2) is 7.84. The number of alkyl halides is 3. The number of rotatable bonds is 4. The summed E-state index contributed by atoms with van der Waals surface area (Å²) in [6, 6.07) is 6.05. The molecule has 26 heavy (non-hydrogen) atoms. The van der Waals surface area contributed by atoms with E-state index in [1.807, 2.05) is 0 Å².